The smallest absolute Gasteiger partial charge is 0.181 e. The first-order valence-corrected chi connectivity index (χ1v) is 9.51. The molecule has 0 aromatic heterocycles. The lowest BCUT2D eigenvalue weighted by Crippen LogP contribution is -2.77. The zero-order valence-electron chi connectivity index (χ0n) is 16.0. The van der Waals surface area contributed by atoms with Crippen molar-refractivity contribution in [3.63, 3.8) is 0 Å². The van der Waals surface area contributed by atoms with Crippen LogP contribution in [0.5, 0.6) is 0 Å². The highest BCUT2D eigenvalue weighted by molar-refractivity contribution is 6.09. The van der Waals surface area contributed by atoms with Gasteiger partial charge in [-0.2, -0.15) is 0 Å². The van der Waals surface area contributed by atoms with Crippen LogP contribution in [0.1, 0.15) is 45.8 Å². The second-order valence-corrected chi connectivity index (χ2v) is 9.19. The van der Waals surface area contributed by atoms with E-state index in [-0.39, 0.29) is 36.1 Å². The van der Waals surface area contributed by atoms with Gasteiger partial charge in [0, 0.05) is 5.92 Å². The zero-order chi connectivity index (χ0) is 19.4. The summed E-state index contributed by atoms with van der Waals surface area (Å²) < 4.78 is 12.2. The zero-order valence-corrected chi connectivity index (χ0v) is 16.0. The number of allylic oxidation sites excluding steroid dienone is 1. The summed E-state index contributed by atoms with van der Waals surface area (Å²) >= 11 is 0. The van der Waals surface area contributed by atoms with Crippen molar-refractivity contribution in [2.45, 2.75) is 51.4 Å². The SMILES string of the molecule is CC1(C)[C@@H]2CO[C@]3(C)C(=O)[C@@]1(C)C1=C(C(=O)C[C@H](c4ccccc4)O1)[C@]23O. The third-order valence-corrected chi connectivity index (χ3v) is 7.96. The number of carbonyl (C=O) groups excluding carboxylic acids is 2. The van der Waals surface area contributed by atoms with Crippen LogP contribution >= 0.6 is 0 Å². The number of Topliss-reactive ketones (excluding diaryl/α,β-unsaturated/α-hetero) is 2. The van der Waals surface area contributed by atoms with Crippen molar-refractivity contribution in [1.29, 1.82) is 0 Å². The van der Waals surface area contributed by atoms with Crippen LogP contribution in [0.25, 0.3) is 0 Å². The fraction of sp³-hybridized carbons (Fsp3) is 0.545. The molecule has 1 N–H and O–H groups in total. The molecular formula is C22H24O5. The van der Waals surface area contributed by atoms with Gasteiger partial charge < -0.3 is 14.6 Å². The molecule has 0 amide bonds. The Labute approximate surface area is 158 Å². The second-order valence-electron chi connectivity index (χ2n) is 9.19. The van der Waals surface area contributed by atoms with Gasteiger partial charge in [-0.25, -0.2) is 0 Å². The minimum Gasteiger partial charge on any atom is -0.488 e. The van der Waals surface area contributed by atoms with Crippen LogP contribution in [0.2, 0.25) is 0 Å². The van der Waals surface area contributed by atoms with Crippen LogP contribution in [0, 0.1) is 16.7 Å². The molecule has 2 heterocycles. The molecule has 4 bridgehead atoms. The monoisotopic (exact) mass is 368 g/mol. The van der Waals surface area contributed by atoms with Crippen LogP contribution in [0.4, 0.5) is 0 Å². The molecule has 27 heavy (non-hydrogen) atoms. The van der Waals surface area contributed by atoms with Gasteiger partial charge in [0.2, 0.25) is 0 Å². The van der Waals surface area contributed by atoms with Crippen LogP contribution in [-0.2, 0) is 19.1 Å². The topological polar surface area (TPSA) is 72.8 Å². The Morgan fingerprint density at radius 2 is 1.74 bits per heavy atom. The van der Waals surface area contributed by atoms with E-state index in [0.717, 1.165) is 5.56 Å². The van der Waals surface area contributed by atoms with Gasteiger partial charge in [-0.15, -0.1) is 0 Å². The highest BCUT2D eigenvalue weighted by Gasteiger charge is 2.83. The molecule has 6 rings (SSSR count). The number of hydrogen-bond donors (Lipinski definition) is 1. The van der Waals surface area contributed by atoms with Gasteiger partial charge in [-0.05, 0) is 24.8 Å². The van der Waals surface area contributed by atoms with E-state index in [2.05, 4.69) is 0 Å². The van der Waals surface area contributed by atoms with E-state index in [1.807, 2.05) is 51.1 Å². The number of aliphatic hydroxyl groups is 1. The van der Waals surface area contributed by atoms with E-state index in [4.69, 9.17) is 9.47 Å². The van der Waals surface area contributed by atoms with Crippen LogP contribution in [-0.4, -0.2) is 34.5 Å². The van der Waals surface area contributed by atoms with Crippen molar-refractivity contribution in [2.75, 3.05) is 6.61 Å². The van der Waals surface area contributed by atoms with Crippen molar-refractivity contribution in [2.24, 2.45) is 16.7 Å². The number of ether oxygens (including phenoxy) is 2. The number of carbonyl (C=O) groups is 2. The van der Waals surface area contributed by atoms with E-state index in [0.29, 0.717) is 5.76 Å². The van der Waals surface area contributed by atoms with Crippen molar-refractivity contribution >= 4 is 11.6 Å². The van der Waals surface area contributed by atoms with Gasteiger partial charge in [0.05, 0.1) is 24.0 Å². The summed E-state index contributed by atoms with van der Waals surface area (Å²) in [7, 11) is 0. The summed E-state index contributed by atoms with van der Waals surface area (Å²) in [5.74, 6) is -0.332. The Morgan fingerprint density at radius 1 is 1.07 bits per heavy atom. The third kappa shape index (κ3) is 1.57. The number of benzene rings is 1. The average molecular weight is 368 g/mol. The Balaban J connectivity index is 1.76. The Bertz CT molecular complexity index is 916. The lowest BCUT2D eigenvalue weighted by atomic mass is 9.39. The maximum Gasteiger partial charge on any atom is 0.181 e. The van der Waals surface area contributed by atoms with Crippen LogP contribution < -0.4 is 0 Å². The molecule has 0 spiro atoms. The van der Waals surface area contributed by atoms with Crippen molar-refractivity contribution in [1.82, 2.24) is 0 Å². The fourth-order valence-electron chi connectivity index (χ4n) is 5.96. The Kier molecular flexibility index (Phi) is 2.99. The van der Waals surface area contributed by atoms with Crippen LogP contribution in [0.15, 0.2) is 41.7 Å². The summed E-state index contributed by atoms with van der Waals surface area (Å²) in [4.78, 5) is 26.9. The predicted molar refractivity (Wildman–Crippen MR) is 96.6 cm³/mol. The molecule has 2 fully saturated rings. The van der Waals surface area contributed by atoms with Gasteiger partial charge in [-0.1, -0.05) is 44.2 Å². The van der Waals surface area contributed by atoms with Crippen molar-refractivity contribution in [3.8, 4) is 0 Å². The lowest BCUT2D eigenvalue weighted by Gasteiger charge is -2.64. The molecule has 1 aromatic rings. The largest absolute Gasteiger partial charge is 0.488 e. The van der Waals surface area contributed by atoms with Crippen molar-refractivity contribution in [3.05, 3.63) is 47.2 Å². The maximum atomic E-state index is 13.6. The first kappa shape index (κ1) is 17.1. The molecule has 5 heteroatoms. The Hall–Kier alpha value is -1.98. The second kappa shape index (κ2) is 4.70. The van der Waals surface area contributed by atoms with Gasteiger partial charge in [-0.3, -0.25) is 9.59 Å². The molecule has 5 aliphatic rings. The summed E-state index contributed by atoms with van der Waals surface area (Å²) in [6, 6.07) is 9.55. The Morgan fingerprint density at radius 3 is 2.41 bits per heavy atom. The van der Waals surface area contributed by atoms with E-state index in [1.165, 1.54) is 0 Å². The van der Waals surface area contributed by atoms with E-state index in [1.54, 1.807) is 6.92 Å². The molecule has 5 atom stereocenters. The van der Waals surface area contributed by atoms with Gasteiger partial charge in [0.1, 0.15) is 17.5 Å². The highest BCUT2D eigenvalue weighted by Crippen LogP contribution is 2.72. The molecule has 1 aromatic carbocycles. The third-order valence-electron chi connectivity index (χ3n) is 7.96. The number of hydrogen-bond acceptors (Lipinski definition) is 5. The van der Waals surface area contributed by atoms with Crippen molar-refractivity contribution < 1.29 is 24.2 Å². The summed E-state index contributed by atoms with van der Waals surface area (Å²) in [5.41, 5.74) is -3.51. The predicted octanol–water partition coefficient (Wildman–Crippen LogP) is 2.74. The van der Waals surface area contributed by atoms with Gasteiger partial charge >= 0.3 is 0 Å². The average Bonchev–Trinajstić information content (AvgIpc) is 2.90. The minimum atomic E-state index is -1.64. The van der Waals surface area contributed by atoms with Gasteiger partial charge in [0.25, 0.3) is 0 Å². The number of rotatable bonds is 1. The first-order valence-electron chi connectivity index (χ1n) is 9.51. The van der Waals surface area contributed by atoms with Gasteiger partial charge in [0.15, 0.2) is 17.2 Å². The fourth-order valence-corrected chi connectivity index (χ4v) is 5.96. The minimum absolute atomic E-state index is 0.149. The first-order chi connectivity index (χ1) is 12.6. The molecule has 1 saturated carbocycles. The molecular weight excluding hydrogens is 344 g/mol. The molecule has 0 radical (unpaired) electrons. The normalized spacial score (nSPS) is 44.3. The standard InChI is InChI=1S/C22H24O5/c1-19(2)15-11-26-21(4)18(24)20(19,3)17-16(22(15,21)25)13(23)10-14(27-17)12-8-6-5-7-9-12/h5-9,14-15,25H,10-11H2,1-4H3/t14-,15+,20-,21-,22-/m1/s1. The molecule has 3 aliphatic carbocycles. The molecule has 1 saturated heterocycles. The van der Waals surface area contributed by atoms with E-state index in [9.17, 15) is 14.7 Å². The van der Waals surface area contributed by atoms with Crippen LogP contribution in [0.3, 0.4) is 0 Å². The lowest BCUT2D eigenvalue weighted by molar-refractivity contribution is -0.208. The molecule has 142 valence electrons. The van der Waals surface area contributed by atoms with E-state index >= 15 is 0 Å². The molecule has 2 aliphatic heterocycles. The summed E-state index contributed by atoms with van der Waals surface area (Å²) in [6.07, 6.45) is -0.300. The number of ketones is 2. The van der Waals surface area contributed by atoms with E-state index < -0.39 is 28.1 Å². The quantitative estimate of drug-likeness (QED) is 0.825. The summed E-state index contributed by atoms with van der Waals surface area (Å²) in [5, 5.41) is 11.8. The molecule has 5 nitrogen and oxygen atoms in total. The molecule has 0 unspecified atom stereocenters. The summed E-state index contributed by atoms with van der Waals surface area (Å²) in [6.45, 7) is 7.68. The highest BCUT2D eigenvalue weighted by atomic mass is 16.5. The maximum absolute atomic E-state index is 13.6.